The molecule has 0 fully saturated rings. The number of carbonyl (C=O) groups is 1. The number of carbonyl (C=O) groups excluding carboxylic acids is 1. The summed E-state index contributed by atoms with van der Waals surface area (Å²) in [7, 11) is 1.64. The molecule has 0 saturated heterocycles. The zero-order valence-corrected chi connectivity index (χ0v) is 12.8. The zero-order chi connectivity index (χ0) is 15.4. The summed E-state index contributed by atoms with van der Waals surface area (Å²) in [6.07, 6.45) is -0.0126. The van der Waals surface area contributed by atoms with E-state index in [1.807, 2.05) is 38.1 Å². The second-order valence-electron chi connectivity index (χ2n) is 5.82. The molecule has 0 radical (unpaired) electrons. The Bertz CT molecular complexity index is 490. The Morgan fingerprint density at radius 3 is 2.81 bits per heavy atom. The van der Waals surface area contributed by atoms with Gasteiger partial charge in [-0.3, -0.25) is 0 Å². The van der Waals surface area contributed by atoms with E-state index in [2.05, 4.69) is 10.6 Å². The van der Waals surface area contributed by atoms with Gasteiger partial charge in [-0.2, -0.15) is 0 Å². The van der Waals surface area contributed by atoms with Crippen molar-refractivity contribution in [3.63, 3.8) is 0 Å². The summed E-state index contributed by atoms with van der Waals surface area (Å²) in [6, 6.07) is 7.17. The molecule has 3 atom stereocenters. The Kier molecular flexibility index (Phi) is 5.20. The molecule has 116 valence electrons. The molecular weight excluding hydrogens is 268 g/mol. The number of nitrogens with one attached hydrogen (secondary N) is 2. The zero-order valence-electron chi connectivity index (χ0n) is 12.8. The van der Waals surface area contributed by atoms with Gasteiger partial charge in [-0.25, -0.2) is 4.79 Å². The van der Waals surface area contributed by atoms with Crippen LogP contribution in [0.25, 0.3) is 0 Å². The summed E-state index contributed by atoms with van der Waals surface area (Å²) in [5.41, 5.74) is 2.08. The largest absolute Gasteiger partial charge is 0.390 e. The number of methoxy groups -OCH3 is 1. The number of ether oxygens (including phenoxy) is 1. The summed E-state index contributed by atoms with van der Waals surface area (Å²) in [5, 5.41) is 15.8. The van der Waals surface area contributed by atoms with Crippen LogP contribution in [0.2, 0.25) is 0 Å². The van der Waals surface area contributed by atoms with Gasteiger partial charge >= 0.3 is 6.03 Å². The molecule has 0 spiro atoms. The Morgan fingerprint density at radius 2 is 2.14 bits per heavy atom. The molecule has 2 rings (SSSR count). The van der Waals surface area contributed by atoms with E-state index in [-0.39, 0.29) is 18.2 Å². The topological polar surface area (TPSA) is 70.6 Å². The number of amides is 2. The molecule has 21 heavy (non-hydrogen) atoms. The van der Waals surface area contributed by atoms with E-state index in [9.17, 15) is 9.90 Å². The van der Waals surface area contributed by atoms with E-state index < -0.39 is 6.10 Å². The molecule has 0 saturated carbocycles. The number of fused-ring (bicyclic) bond motifs is 1. The van der Waals surface area contributed by atoms with Crippen LogP contribution in [0.5, 0.6) is 0 Å². The van der Waals surface area contributed by atoms with Gasteiger partial charge in [-0.05, 0) is 17.0 Å². The van der Waals surface area contributed by atoms with Gasteiger partial charge < -0.3 is 20.5 Å². The van der Waals surface area contributed by atoms with Crippen LogP contribution in [0, 0.1) is 5.92 Å². The lowest BCUT2D eigenvalue weighted by atomic mass is 10.1. The van der Waals surface area contributed by atoms with Crippen LogP contribution in [0.15, 0.2) is 24.3 Å². The highest BCUT2D eigenvalue weighted by molar-refractivity contribution is 5.74. The summed E-state index contributed by atoms with van der Waals surface area (Å²) < 4.78 is 5.32. The molecule has 5 heteroatoms. The van der Waals surface area contributed by atoms with Crippen molar-refractivity contribution in [2.24, 2.45) is 5.92 Å². The molecule has 5 nitrogen and oxygen atoms in total. The highest BCUT2D eigenvalue weighted by Gasteiger charge is 2.31. The van der Waals surface area contributed by atoms with Crippen LogP contribution >= 0.6 is 0 Å². The van der Waals surface area contributed by atoms with Crippen molar-refractivity contribution in [3.05, 3.63) is 35.4 Å². The van der Waals surface area contributed by atoms with Crippen LogP contribution < -0.4 is 10.6 Å². The fraction of sp³-hybridized carbons (Fsp3) is 0.562. The lowest BCUT2D eigenvalue weighted by Crippen LogP contribution is -2.44. The first-order valence-electron chi connectivity index (χ1n) is 7.36. The Labute approximate surface area is 125 Å². The normalized spacial score (nSPS) is 22.0. The van der Waals surface area contributed by atoms with Crippen molar-refractivity contribution >= 4 is 6.03 Å². The van der Waals surface area contributed by atoms with Crippen molar-refractivity contribution < 1.29 is 14.6 Å². The molecule has 0 heterocycles. The third kappa shape index (κ3) is 3.74. The van der Waals surface area contributed by atoms with Gasteiger partial charge in [0.25, 0.3) is 0 Å². The van der Waals surface area contributed by atoms with Crippen LogP contribution in [0.4, 0.5) is 4.79 Å². The number of aliphatic hydroxyl groups is 1. The molecule has 0 aromatic heterocycles. The summed E-state index contributed by atoms with van der Waals surface area (Å²) in [6.45, 7) is 4.54. The van der Waals surface area contributed by atoms with E-state index in [0.717, 1.165) is 11.1 Å². The Balaban J connectivity index is 1.91. The molecule has 3 N–H and O–H groups in total. The van der Waals surface area contributed by atoms with E-state index in [0.29, 0.717) is 18.9 Å². The third-order valence-electron chi connectivity index (χ3n) is 4.00. The molecule has 3 unspecified atom stereocenters. The second-order valence-corrected chi connectivity index (χ2v) is 5.82. The molecular formula is C16H24N2O3. The highest BCUT2D eigenvalue weighted by atomic mass is 16.5. The van der Waals surface area contributed by atoms with Crippen molar-refractivity contribution in [2.45, 2.75) is 38.5 Å². The van der Waals surface area contributed by atoms with Crippen LogP contribution in [0.1, 0.15) is 31.0 Å². The SMILES string of the molecule is COC(CNC(=O)NC1c2ccccc2CC1O)C(C)C. The highest BCUT2D eigenvalue weighted by Crippen LogP contribution is 2.30. The first kappa shape index (κ1) is 15.8. The molecule has 1 aromatic carbocycles. The Hall–Kier alpha value is -1.59. The van der Waals surface area contributed by atoms with Gasteiger partial charge in [-0.1, -0.05) is 38.1 Å². The number of hydrogen-bond donors (Lipinski definition) is 3. The minimum Gasteiger partial charge on any atom is -0.390 e. The molecule has 1 aliphatic rings. The number of aliphatic hydroxyl groups excluding tert-OH is 1. The molecule has 1 aliphatic carbocycles. The number of benzene rings is 1. The van der Waals surface area contributed by atoms with Crippen molar-refractivity contribution in [2.75, 3.05) is 13.7 Å². The van der Waals surface area contributed by atoms with Crippen LogP contribution in [-0.2, 0) is 11.2 Å². The van der Waals surface area contributed by atoms with Crippen LogP contribution in [0.3, 0.4) is 0 Å². The van der Waals surface area contributed by atoms with E-state index in [4.69, 9.17) is 4.74 Å². The van der Waals surface area contributed by atoms with E-state index >= 15 is 0 Å². The second kappa shape index (κ2) is 6.91. The lowest BCUT2D eigenvalue weighted by molar-refractivity contribution is 0.0662. The number of hydrogen-bond acceptors (Lipinski definition) is 3. The number of rotatable bonds is 5. The number of urea groups is 1. The Morgan fingerprint density at radius 1 is 1.43 bits per heavy atom. The van der Waals surface area contributed by atoms with E-state index in [1.54, 1.807) is 7.11 Å². The van der Waals surface area contributed by atoms with Crippen molar-refractivity contribution in [1.82, 2.24) is 10.6 Å². The fourth-order valence-electron chi connectivity index (χ4n) is 2.72. The lowest BCUT2D eigenvalue weighted by Gasteiger charge is -2.22. The predicted molar refractivity (Wildman–Crippen MR) is 81.1 cm³/mol. The first-order chi connectivity index (χ1) is 10.0. The maximum absolute atomic E-state index is 12.0. The molecule has 2 amide bonds. The van der Waals surface area contributed by atoms with Gasteiger partial charge in [0.05, 0.1) is 18.2 Å². The van der Waals surface area contributed by atoms with Crippen molar-refractivity contribution in [1.29, 1.82) is 0 Å². The summed E-state index contributed by atoms with van der Waals surface area (Å²) in [4.78, 5) is 12.0. The summed E-state index contributed by atoms with van der Waals surface area (Å²) >= 11 is 0. The van der Waals surface area contributed by atoms with Crippen LogP contribution in [-0.4, -0.2) is 37.0 Å². The smallest absolute Gasteiger partial charge is 0.315 e. The minimum atomic E-state index is -0.573. The van der Waals surface area contributed by atoms with Gasteiger partial charge in [0.15, 0.2) is 0 Å². The maximum atomic E-state index is 12.0. The summed E-state index contributed by atoms with van der Waals surface area (Å²) in [5.74, 6) is 0.327. The quantitative estimate of drug-likeness (QED) is 0.772. The van der Waals surface area contributed by atoms with Gasteiger partial charge in [0.1, 0.15) is 0 Å². The standard InChI is InChI=1S/C16H24N2O3/c1-10(2)14(21-3)9-17-16(20)18-15-12-7-5-4-6-11(12)8-13(15)19/h4-7,10,13-15,19H,8-9H2,1-3H3,(H2,17,18,20). The first-order valence-corrected chi connectivity index (χ1v) is 7.36. The monoisotopic (exact) mass is 292 g/mol. The van der Waals surface area contributed by atoms with Crippen molar-refractivity contribution in [3.8, 4) is 0 Å². The van der Waals surface area contributed by atoms with E-state index in [1.165, 1.54) is 0 Å². The third-order valence-corrected chi connectivity index (χ3v) is 4.00. The van der Waals surface area contributed by atoms with Gasteiger partial charge in [0, 0.05) is 20.1 Å². The average Bonchev–Trinajstić information content (AvgIpc) is 2.75. The molecule has 1 aromatic rings. The molecule has 0 aliphatic heterocycles. The van der Waals surface area contributed by atoms with Gasteiger partial charge in [-0.15, -0.1) is 0 Å². The maximum Gasteiger partial charge on any atom is 0.315 e. The average molecular weight is 292 g/mol. The fourth-order valence-corrected chi connectivity index (χ4v) is 2.72. The predicted octanol–water partition coefficient (Wildman–Crippen LogP) is 1.61. The molecule has 0 bridgehead atoms. The minimum absolute atomic E-state index is 0.0171. The van der Waals surface area contributed by atoms with Gasteiger partial charge in [0.2, 0.25) is 0 Å².